The number of rotatable bonds is 6. The lowest BCUT2D eigenvalue weighted by Gasteiger charge is -2.37. The molecular formula is C27H34N8. The van der Waals surface area contributed by atoms with Crippen LogP contribution in [0, 0.1) is 11.3 Å². The maximum absolute atomic E-state index is 8.85. The summed E-state index contributed by atoms with van der Waals surface area (Å²) in [7, 11) is 2.18. The van der Waals surface area contributed by atoms with Gasteiger partial charge in [-0.1, -0.05) is 19.1 Å². The van der Waals surface area contributed by atoms with Gasteiger partial charge in [-0.05, 0) is 43.7 Å². The van der Waals surface area contributed by atoms with Crippen molar-refractivity contribution in [2.75, 3.05) is 43.0 Å². The molecule has 8 heteroatoms. The molecule has 0 saturated carbocycles. The first-order chi connectivity index (χ1) is 17.0. The summed E-state index contributed by atoms with van der Waals surface area (Å²) in [6, 6.07) is 13.5. The Morgan fingerprint density at radius 2 is 1.83 bits per heavy atom. The molecule has 182 valence electrons. The predicted octanol–water partition coefficient (Wildman–Crippen LogP) is 3.52. The molecule has 1 atom stereocenters. The molecule has 35 heavy (non-hydrogen) atoms. The van der Waals surface area contributed by atoms with Crippen LogP contribution in [-0.4, -0.2) is 63.9 Å². The van der Waals surface area contributed by atoms with E-state index in [1.165, 1.54) is 11.1 Å². The van der Waals surface area contributed by atoms with Gasteiger partial charge in [0.05, 0.1) is 24.7 Å². The van der Waals surface area contributed by atoms with Gasteiger partial charge >= 0.3 is 0 Å². The van der Waals surface area contributed by atoms with Crippen LogP contribution in [0.1, 0.15) is 37.2 Å². The van der Waals surface area contributed by atoms with Gasteiger partial charge in [-0.15, -0.1) is 0 Å². The van der Waals surface area contributed by atoms with Gasteiger partial charge in [-0.25, -0.2) is 9.97 Å². The molecule has 0 amide bonds. The average Bonchev–Trinajstić information content (AvgIpc) is 3.36. The van der Waals surface area contributed by atoms with Gasteiger partial charge in [0.15, 0.2) is 0 Å². The third kappa shape index (κ3) is 5.01. The van der Waals surface area contributed by atoms with Crippen molar-refractivity contribution in [1.29, 1.82) is 5.26 Å². The van der Waals surface area contributed by atoms with Gasteiger partial charge in [0, 0.05) is 63.0 Å². The molecule has 1 fully saturated rings. The number of likely N-dealkylation sites (N-methyl/N-ethyl adjacent to an activating group) is 1. The van der Waals surface area contributed by atoms with Crippen molar-refractivity contribution in [3.8, 4) is 17.3 Å². The lowest BCUT2D eigenvalue weighted by molar-refractivity contribution is 0.312. The molecule has 0 N–H and O–H groups in total. The number of fused-ring (bicyclic) bond motifs is 1. The largest absolute Gasteiger partial charge is 0.354 e. The van der Waals surface area contributed by atoms with Gasteiger partial charge in [0.25, 0.3) is 0 Å². The Bertz CT molecular complexity index is 1220. The lowest BCUT2D eigenvalue weighted by Crippen LogP contribution is -2.45. The van der Waals surface area contributed by atoms with Gasteiger partial charge in [0.1, 0.15) is 17.5 Å². The number of anilines is 2. The van der Waals surface area contributed by atoms with E-state index in [1.807, 2.05) is 16.9 Å². The number of nitriles is 1. The molecule has 2 aromatic heterocycles. The van der Waals surface area contributed by atoms with Crippen LogP contribution in [-0.2, 0) is 25.9 Å². The second kappa shape index (κ2) is 10.0. The smallest absolute Gasteiger partial charge is 0.134 e. The van der Waals surface area contributed by atoms with Crippen LogP contribution in [0.25, 0.3) is 11.3 Å². The number of aromatic nitrogens is 4. The van der Waals surface area contributed by atoms with Crippen LogP contribution in [0.2, 0.25) is 0 Å². The van der Waals surface area contributed by atoms with E-state index in [4.69, 9.17) is 15.2 Å². The first-order valence-electron chi connectivity index (χ1n) is 12.6. The van der Waals surface area contributed by atoms with Crippen molar-refractivity contribution in [2.24, 2.45) is 0 Å². The molecule has 5 rings (SSSR count). The van der Waals surface area contributed by atoms with E-state index in [0.717, 1.165) is 74.3 Å². The summed E-state index contributed by atoms with van der Waals surface area (Å²) in [5, 5.41) is 13.5. The summed E-state index contributed by atoms with van der Waals surface area (Å²) in [5.74, 6) is 2.98. The maximum atomic E-state index is 8.85. The zero-order chi connectivity index (χ0) is 24.4. The summed E-state index contributed by atoms with van der Waals surface area (Å²) < 4.78 is 1.85. The maximum Gasteiger partial charge on any atom is 0.134 e. The van der Waals surface area contributed by atoms with Gasteiger partial charge in [-0.2, -0.15) is 10.4 Å². The van der Waals surface area contributed by atoms with Crippen LogP contribution in [0.3, 0.4) is 0 Å². The Hall–Kier alpha value is -3.44. The molecule has 0 radical (unpaired) electrons. The van der Waals surface area contributed by atoms with Crippen molar-refractivity contribution in [3.63, 3.8) is 0 Å². The number of piperazine rings is 1. The molecule has 3 aromatic rings. The van der Waals surface area contributed by atoms with Crippen LogP contribution < -0.4 is 9.80 Å². The number of nitrogens with zero attached hydrogens (tertiary/aromatic N) is 8. The fourth-order valence-corrected chi connectivity index (χ4v) is 4.98. The Morgan fingerprint density at radius 3 is 2.60 bits per heavy atom. The van der Waals surface area contributed by atoms with Crippen molar-refractivity contribution >= 4 is 11.6 Å². The molecule has 0 bridgehead atoms. The first-order valence-corrected chi connectivity index (χ1v) is 12.6. The van der Waals surface area contributed by atoms with Crippen LogP contribution in [0.5, 0.6) is 0 Å². The minimum atomic E-state index is 0.360. The second-order valence-electron chi connectivity index (χ2n) is 9.68. The van der Waals surface area contributed by atoms with Crippen molar-refractivity contribution in [2.45, 2.75) is 52.2 Å². The Labute approximate surface area is 207 Å². The Kier molecular flexibility index (Phi) is 6.69. The molecule has 1 saturated heterocycles. The van der Waals surface area contributed by atoms with Gasteiger partial charge < -0.3 is 14.7 Å². The van der Waals surface area contributed by atoms with Crippen molar-refractivity contribution < 1.29 is 0 Å². The van der Waals surface area contributed by atoms with Gasteiger partial charge in [-0.3, -0.25) is 4.68 Å². The number of hydrogen-bond donors (Lipinski definition) is 0. The summed E-state index contributed by atoms with van der Waals surface area (Å²) in [5.41, 5.74) is 4.78. The van der Waals surface area contributed by atoms with Gasteiger partial charge in [0.2, 0.25) is 0 Å². The third-order valence-electron chi connectivity index (χ3n) is 7.17. The molecule has 0 spiro atoms. The molecule has 1 aromatic carbocycles. The minimum Gasteiger partial charge on any atom is -0.354 e. The molecule has 0 aliphatic carbocycles. The summed E-state index contributed by atoms with van der Waals surface area (Å²) in [6.07, 6.45) is 4.23. The highest BCUT2D eigenvalue weighted by Crippen LogP contribution is 2.32. The van der Waals surface area contributed by atoms with Crippen molar-refractivity contribution in [1.82, 2.24) is 24.6 Å². The molecule has 1 unspecified atom stereocenters. The molecule has 2 aliphatic rings. The Morgan fingerprint density at radius 1 is 1.03 bits per heavy atom. The highest BCUT2D eigenvalue weighted by atomic mass is 15.3. The Balaban J connectivity index is 1.41. The van der Waals surface area contributed by atoms with E-state index in [0.29, 0.717) is 19.0 Å². The normalized spacial score (nSPS) is 18.4. The minimum absolute atomic E-state index is 0.360. The topological polar surface area (TPSA) is 77.1 Å². The van der Waals surface area contributed by atoms with Crippen LogP contribution in [0.4, 0.5) is 11.6 Å². The zero-order valence-corrected chi connectivity index (χ0v) is 21.0. The van der Waals surface area contributed by atoms with E-state index in [9.17, 15) is 0 Å². The predicted molar refractivity (Wildman–Crippen MR) is 138 cm³/mol. The van der Waals surface area contributed by atoms with Crippen LogP contribution >= 0.6 is 0 Å². The molecule has 8 nitrogen and oxygen atoms in total. The summed E-state index contributed by atoms with van der Waals surface area (Å²) >= 11 is 0. The van der Waals surface area contributed by atoms with E-state index >= 15 is 0 Å². The fourth-order valence-electron chi connectivity index (χ4n) is 4.98. The van der Waals surface area contributed by atoms with Crippen molar-refractivity contribution in [3.05, 3.63) is 53.5 Å². The van der Waals surface area contributed by atoms with Crippen LogP contribution in [0.15, 0.2) is 36.5 Å². The molecular weight excluding hydrogens is 436 g/mol. The van der Waals surface area contributed by atoms with E-state index in [1.54, 1.807) is 0 Å². The first kappa shape index (κ1) is 23.3. The van der Waals surface area contributed by atoms with E-state index in [2.05, 4.69) is 71.0 Å². The second-order valence-corrected chi connectivity index (χ2v) is 9.68. The summed E-state index contributed by atoms with van der Waals surface area (Å²) in [6.45, 7) is 9.98. The number of aryl methyl sites for hydroxylation is 2. The van der Waals surface area contributed by atoms with E-state index in [-0.39, 0.29) is 0 Å². The SMILES string of the molecule is CCc1nc(N2CCN(C)CC2)cc(N2Cc3cc(-c4ccn(CCC#N)n4)ccc3CC2C)n1. The highest BCUT2D eigenvalue weighted by Gasteiger charge is 2.26. The fraction of sp³-hybridized carbons (Fsp3) is 0.481. The summed E-state index contributed by atoms with van der Waals surface area (Å²) in [4.78, 5) is 17.0. The van der Waals surface area contributed by atoms with E-state index < -0.39 is 0 Å². The highest BCUT2D eigenvalue weighted by molar-refractivity contribution is 5.62. The lowest BCUT2D eigenvalue weighted by atomic mass is 9.92. The molecule has 2 aliphatic heterocycles. The quantitative estimate of drug-likeness (QED) is 0.545. The molecule has 4 heterocycles. The standard InChI is InChI=1S/C27H34N8/c1-4-25-29-26(33-14-12-32(3)13-15-33)18-27(30-25)35-19-23-17-22(7-6-21(23)16-20(35)2)24-8-11-34(31-24)10-5-9-28/h6-8,11,17-18,20H,4-5,10,12-16,19H2,1-3H3. The number of benzene rings is 1. The number of hydrogen-bond acceptors (Lipinski definition) is 7. The monoisotopic (exact) mass is 470 g/mol. The zero-order valence-electron chi connectivity index (χ0n) is 21.0. The third-order valence-corrected chi connectivity index (χ3v) is 7.17. The average molecular weight is 471 g/mol.